The minimum atomic E-state index is 0.0323. The van der Waals surface area contributed by atoms with Gasteiger partial charge in [0.25, 0.3) is 5.56 Å². The van der Waals surface area contributed by atoms with Gasteiger partial charge in [-0.3, -0.25) is 4.79 Å². The Balaban J connectivity index is 2.24. The normalized spacial score (nSPS) is 11.2. The van der Waals surface area contributed by atoms with Crippen LogP contribution in [0.5, 0.6) is 0 Å². The summed E-state index contributed by atoms with van der Waals surface area (Å²) < 4.78 is 1.80. The molecular formula is C19H17Cl2NO. The summed E-state index contributed by atoms with van der Waals surface area (Å²) in [5.74, 6) is 0. The zero-order valence-corrected chi connectivity index (χ0v) is 14.8. The third-order valence-electron chi connectivity index (χ3n) is 4.30. The van der Waals surface area contributed by atoms with Crippen molar-refractivity contribution in [1.29, 1.82) is 0 Å². The monoisotopic (exact) mass is 345 g/mol. The molecule has 0 aliphatic carbocycles. The number of hydrogen-bond donors (Lipinski definition) is 0. The van der Waals surface area contributed by atoms with Crippen LogP contribution in [0.1, 0.15) is 22.3 Å². The summed E-state index contributed by atoms with van der Waals surface area (Å²) in [6.07, 6.45) is 0. The Morgan fingerprint density at radius 3 is 2.35 bits per heavy atom. The Bertz CT molecular complexity index is 973. The van der Waals surface area contributed by atoms with Gasteiger partial charge in [-0.2, -0.15) is 0 Å². The first kappa shape index (κ1) is 16.1. The summed E-state index contributed by atoms with van der Waals surface area (Å²) in [6, 6.07) is 11.6. The van der Waals surface area contributed by atoms with Crippen LogP contribution in [-0.4, -0.2) is 4.57 Å². The summed E-state index contributed by atoms with van der Waals surface area (Å²) in [4.78, 5) is 12.7. The highest BCUT2D eigenvalue weighted by Crippen LogP contribution is 2.25. The second-order valence-corrected chi connectivity index (χ2v) is 6.72. The minimum Gasteiger partial charge on any atom is -0.304 e. The first-order valence-electron chi connectivity index (χ1n) is 7.43. The van der Waals surface area contributed by atoms with Gasteiger partial charge in [0.05, 0.1) is 22.1 Å². The maximum absolute atomic E-state index is 12.7. The van der Waals surface area contributed by atoms with Crippen LogP contribution in [0, 0.1) is 20.8 Å². The summed E-state index contributed by atoms with van der Waals surface area (Å²) in [5.41, 5.74) is 4.92. The van der Waals surface area contributed by atoms with E-state index in [1.807, 2.05) is 38.1 Å². The van der Waals surface area contributed by atoms with E-state index in [9.17, 15) is 4.79 Å². The van der Waals surface area contributed by atoms with Crippen LogP contribution in [0.15, 0.2) is 41.2 Å². The zero-order chi connectivity index (χ0) is 16.7. The topological polar surface area (TPSA) is 22.0 Å². The van der Waals surface area contributed by atoms with Crippen LogP contribution in [0.3, 0.4) is 0 Å². The van der Waals surface area contributed by atoms with E-state index >= 15 is 0 Å². The van der Waals surface area contributed by atoms with Crippen molar-refractivity contribution in [2.24, 2.45) is 0 Å². The molecule has 0 unspecified atom stereocenters. The highest BCUT2D eigenvalue weighted by Gasteiger charge is 2.12. The largest absolute Gasteiger partial charge is 0.304 e. The van der Waals surface area contributed by atoms with Gasteiger partial charge in [-0.25, -0.2) is 0 Å². The zero-order valence-electron chi connectivity index (χ0n) is 13.3. The van der Waals surface area contributed by atoms with Crippen molar-refractivity contribution in [3.63, 3.8) is 0 Å². The number of fused-ring (bicyclic) bond motifs is 1. The Hall–Kier alpha value is -1.77. The molecule has 0 saturated heterocycles. The Morgan fingerprint density at radius 1 is 0.913 bits per heavy atom. The molecule has 23 heavy (non-hydrogen) atoms. The van der Waals surface area contributed by atoms with Gasteiger partial charge in [0.15, 0.2) is 0 Å². The van der Waals surface area contributed by atoms with E-state index in [4.69, 9.17) is 23.2 Å². The van der Waals surface area contributed by atoms with E-state index in [1.54, 1.807) is 10.6 Å². The van der Waals surface area contributed by atoms with Gasteiger partial charge in [0, 0.05) is 10.9 Å². The number of aromatic nitrogens is 1. The molecule has 3 rings (SSSR count). The van der Waals surface area contributed by atoms with E-state index in [2.05, 4.69) is 13.0 Å². The lowest BCUT2D eigenvalue weighted by Crippen LogP contribution is -2.24. The molecule has 4 heteroatoms. The van der Waals surface area contributed by atoms with Crippen molar-refractivity contribution >= 4 is 34.1 Å². The number of pyridine rings is 1. The first-order chi connectivity index (χ1) is 10.9. The van der Waals surface area contributed by atoms with Crippen molar-refractivity contribution < 1.29 is 0 Å². The Kier molecular flexibility index (Phi) is 4.22. The lowest BCUT2D eigenvalue weighted by molar-refractivity contribution is 0.785. The fourth-order valence-corrected chi connectivity index (χ4v) is 3.16. The Morgan fingerprint density at radius 2 is 1.65 bits per heavy atom. The number of halogens is 2. The molecule has 1 heterocycles. The van der Waals surface area contributed by atoms with E-state index in [-0.39, 0.29) is 5.56 Å². The average Bonchev–Trinajstić information content (AvgIpc) is 2.53. The van der Waals surface area contributed by atoms with Crippen molar-refractivity contribution in [2.75, 3.05) is 0 Å². The molecule has 118 valence electrons. The van der Waals surface area contributed by atoms with Crippen molar-refractivity contribution in [3.8, 4) is 0 Å². The van der Waals surface area contributed by atoms with E-state index in [1.165, 1.54) is 5.56 Å². The van der Waals surface area contributed by atoms with Gasteiger partial charge < -0.3 is 4.57 Å². The van der Waals surface area contributed by atoms with E-state index < -0.39 is 0 Å². The highest BCUT2D eigenvalue weighted by molar-refractivity contribution is 6.42. The molecule has 0 radical (unpaired) electrons. The first-order valence-corrected chi connectivity index (χ1v) is 8.18. The van der Waals surface area contributed by atoms with Gasteiger partial charge in [0.2, 0.25) is 0 Å². The molecule has 0 amide bonds. The maximum Gasteiger partial charge on any atom is 0.254 e. The smallest absolute Gasteiger partial charge is 0.254 e. The minimum absolute atomic E-state index is 0.0323. The maximum atomic E-state index is 12.7. The quantitative estimate of drug-likeness (QED) is 0.619. The number of nitrogens with zero attached hydrogens (tertiary/aromatic N) is 1. The van der Waals surface area contributed by atoms with Crippen molar-refractivity contribution in [3.05, 3.63) is 79.1 Å². The molecule has 0 saturated carbocycles. The second-order valence-electron chi connectivity index (χ2n) is 5.91. The standard InChI is InChI=1S/C19H17Cl2NO/c1-11-4-7-18-15(8-11)12(2)13(3)19(23)22(18)10-14-5-6-16(20)17(21)9-14/h4-9H,10H2,1-3H3. The van der Waals surface area contributed by atoms with Gasteiger partial charge in [-0.05, 0) is 56.2 Å². The number of benzene rings is 2. The van der Waals surface area contributed by atoms with Crippen LogP contribution < -0.4 is 5.56 Å². The van der Waals surface area contributed by atoms with Crippen LogP contribution in [-0.2, 0) is 6.54 Å². The molecule has 0 spiro atoms. The van der Waals surface area contributed by atoms with Crippen molar-refractivity contribution in [2.45, 2.75) is 27.3 Å². The predicted molar refractivity (Wildman–Crippen MR) is 98.0 cm³/mol. The lowest BCUT2D eigenvalue weighted by Gasteiger charge is -2.15. The lowest BCUT2D eigenvalue weighted by atomic mass is 10.0. The van der Waals surface area contributed by atoms with Gasteiger partial charge in [-0.1, -0.05) is 40.9 Å². The Labute approximate surface area is 145 Å². The number of rotatable bonds is 2. The molecule has 0 bridgehead atoms. The fourth-order valence-electron chi connectivity index (χ4n) is 2.84. The molecule has 0 aliphatic rings. The molecule has 1 aromatic heterocycles. The third-order valence-corrected chi connectivity index (χ3v) is 5.04. The van der Waals surface area contributed by atoms with Crippen LogP contribution >= 0.6 is 23.2 Å². The molecule has 3 aromatic rings. The molecule has 2 aromatic carbocycles. The molecule has 2 nitrogen and oxygen atoms in total. The van der Waals surface area contributed by atoms with Crippen LogP contribution in [0.4, 0.5) is 0 Å². The molecule has 0 N–H and O–H groups in total. The summed E-state index contributed by atoms with van der Waals surface area (Å²) >= 11 is 12.1. The van der Waals surface area contributed by atoms with Crippen LogP contribution in [0.2, 0.25) is 10.0 Å². The number of hydrogen-bond acceptors (Lipinski definition) is 1. The molecule has 0 atom stereocenters. The predicted octanol–water partition coefficient (Wildman–Crippen LogP) is 5.28. The summed E-state index contributed by atoms with van der Waals surface area (Å²) in [6.45, 7) is 6.41. The van der Waals surface area contributed by atoms with E-state index in [0.29, 0.717) is 16.6 Å². The van der Waals surface area contributed by atoms with Gasteiger partial charge in [0.1, 0.15) is 0 Å². The SMILES string of the molecule is Cc1ccc2c(c1)c(C)c(C)c(=O)n2Cc1ccc(Cl)c(Cl)c1. The fraction of sp³-hybridized carbons (Fsp3) is 0.211. The summed E-state index contributed by atoms with van der Waals surface area (Å²) in [7, 11) is 0. The summed E-state index contributed by atoms with van der Waals surface area (Å²) in [5, 5.41) is 2.13. The molecule has 0 fully saturated rings. The van der Waals surface area contributed by atoms with Gasteiger partial charge >= 0.3 is 0 Å². The van der Waals surface area contributed by atoms with Crippen LogP contribution in [0.25, 0.3) is 10.9 Å². The average molecular weight is 346 g/mol. The highest BCUT2D eigenvalue weighted by atomic mass is 35.5. The van der Waals surface area contributed by atoms with E-state index in [0.717, 1.165) is 27.6 Å². The third kappa shape index (κ3) is 2.89. The second kappa shape index (κ2) is 6.03. The van der Waals surface area contributed by atoms with Gasteiger partial charge in [-0.15, -0.1) is 0 Å². The molecular weight excluding hydrogens is 329 g/mol. The number of aryl methyl sites for hydroxylation is 2. The molecule has 0 aliphatic heterocycles. The van der Waals surface area contributed by atoms with Crippen molar-refractivity contribution in [1.82, 2.24) is 4.57 Å².